The van der Waals surface area contributed by atoms with Crippen LogP contribution in [0, 0.1) is 0 Å². The number of benzene rings is 2. The first kappa shape index (κ1) is 22.1. The quantitative estimate of drug-likeness (QED) is 0.296. The molecule has 4 aromatic rings. The fourth-order valence-corrected chi connectivity index (χ4v) is 4.78. The molecule has 0 amide bonds. The van der Waals surface area contributed by atoms with Crippen LogP contribution in [-0.4, -0.2) is 27.7 Å². The van der Waals surface area contributed by atoms with Crippen LogP contribution in [-0.2, 0) is 4.74 Å². The Hall–Kier alpha value is -3.68. The van der Waals surface area contributed by atoms with E-state index in [4.69, 9.17) is 28.6 Å². The van der Waals surface area contributed by atoms with Gasteiger partial charge in [0.05, 0.1) is 24.4 Å². The number of carbonyl (C=O) groups is 1. The van der Waals surface area contributed by atoms with Crippen molar-refractivity contribution < 1.29 is 9.53 Å². The number of ether oxygens (including phenoxy) is 1. The van der Waals surface area contributed by atoms with Crippen molar-refractivity contribution in [2.24, 2.45) is 0 Å². The van der Waals surface area contributed by atoms with Crippen LogP contribution in [0.2, 0.25) is 5.02 Å². The molecule has 1 aliphatic rings. The molecule has 0 bridgehead atoms. The summed E-state index contributed by atoms with van der Waals surface area (Å²) in [7, 11) is 1.38. The van der Waals surface area contributed by atoms with Gasteiger partial charge in [-0.3, -0.25) is 4.98 Å². The van der Waals surface area contributed by atoms with Gasteiger partial charge in [-0.1, -0.05) is 23.7 Å². The van der Waals surface area contributed by atoms with Crippen molar-refractivity contribution in [1.82, 2.24) is 14.9 Å². The van der Waals surface area contributed by atoms with Gasteiger partial charge in [-0.05, 0) is 78.9 Å². The smallest absolute Gasteiger partial charge is 0.337 e. The van der Waals surface area contributed by atoms with Gasteiger partial charge in [0.1, 0.15) is 6.04 Å². The standard InChI is InChI=1S/C26H21ClN4O2S/c1-33-25(32)17-6-4-7-20(16-17)30-15-5-9-22(30)24-23(21-8-2-3-14-28-21)29-26(34)31(24)19-12-10-18(27)11-13-19/h2-16,23-24H,1H3,(H,29,34)/t23-,24+/m0/s1. The van der Waals surface area contributed by atoms with Crippen molar-refractivity contribution in [3.05, 3.63) is 113 Å². The monoisotopic (exact) mass is 488 g/mol. The molecule has 2 aromatic carbocycles. The van der Waals surface area contributed by atoms with Crippen LogP contribution < -0.4 is 10.2 Å². The summed E-state index contributed by atoms with van der Waals surface area (Å²) in [4.78, 5) is 18.8. The first-order valence-electron chi connectivity index (χ1n) is 10.7. The minimum atomic E-state index is -0.381. The summed E-state index contributed by atoms with van der Waals surface area (Å²) in [6.45, 7) is 0. The summed E-state index contributed by atoms with van der Waals surface area (Å²) < 4.78 is 6.97. The van der Waals surface area contributed by atoms with Crippen LogP contribution in [0.3, 0.4) is 0 Å². The molecule has 34 heavy (non-hydrogen) atoms. The predicted molar refractivity (Wildman–Crippen MR) is 136 cm³/mol. The Morgan fingerprint density at radius 3 is 2.59 bits per heavy atom. The maximum Gasteiger partial charge on any atom is 0.337 e. The minimum absolute atomic E-state index is 0.193. The number of nitrogens with zero attached hydrogens (tertiary/aromatic N) is 3. The fraction of sp³-hybridized carbons (Fsp3) is 0.115. The molecular weight excluding hydrogens is 468 g/mol. The Morgan fingerprint density at radius 1 is 1.03 bits per heavy atom. The largest absolute Gasteiger partial charge is 0.465 e. The number of halogens is 1. The summed E-state index contributed by atoms with van der Waals surface area (Å²) in [5, 5.41) is 4.72. The van der Waals surface area contributed by atoms with E-state index in [9.17, 15) is 4.79 Å². The highest BCUT2D eigenvalue weighted by molar-refractivity contribution is 7.80. The lowest BCUT2D eigenvalue weighted by molar-refractivity contribution is 0.0600. The van der Waals surface area contributed by atoms with Gasteiger partial charge < -0.3 is 19.5 Å². The molecule has 5 rings (SSSR count). The SMILES string of the molecule is COC(=O)c1cccc(-n2cccc2[C@@H]2[C@H](c3ccccn3)NC(=S)N2c2ccc(Cl)cc2)c1. The van der Waals surface area contributed by atoms with E-state index in [2.05, 4.69) is 25.8 Å². The molecule has 0 saturated carbocycles. The summed E-state index contributed by atoms with van der Waals surface area (Å²) in [5.41, 5.74) is 4.11. The average molecular weight is 489 g/mol. The number of carbonyl (C=O) groups excluding carboxylic acids is 1. The van der Waals surface area contributed by atoms with Gasteiger partial charge in [-0.15, -0.1) is 0 Å². The number of nitrogens with one attached hydrogen (secondary N) is 1. The first-order valence-corrected chi connectivity index (χ1v) is 11.5. The zero-order valence-electron chi connectivity index (χ0n) is 18.3. The Balaban J connectivity index is 1.65. The summed E-state index contributed by atoms with van der Waals surface area (Å²) in [6.07, 6.45) is 3.75. The molecule has 1 fully saturated rings. The lowest BCUT2D eigenvalue weighted by Gasteiger charge is -2.29. The number of anilines is 1. The molecular formula is C26H21ClN4O2S. The highest BCUT2D eigenvalue weighted by atomic mass is 35.5. The van der Waals surface area contributed by atoms with Crippen LogP contribution in [0.15, 0.2) is 91.3 Å². The summed E-state index contributed by atoms with van der Waals surface area (Å²) >= 11 is 12.0. The van der Waals surface area contributed by atoms with Crippen molar-refractivity contribution in [2.45, 2.75) is 12.1 Å². The van der Waals surface area contributed by atoms with Crippen LogP contribution >= 0.6 is 23.8 Å². The Kier molecular flexibility index (Phi) is 6.04. The fourth-order valence-electron chi connectivity index (χ4n) is 4.31. The van der Waals surface area contributed by atoms with E-state index in [1.807, 2.05) is 72.9 Å². The third kappa shape index (κ3) is 4.04. The van der Waals surface area contributed by atoms with Gasteiger partial charge >= 0.3 is 5.97 Å². The lowest BCUT2D eigenvalue weighted by Crippen LogP contribution is -2.30. The molecule has 1 aliphatic heterocycles. The molecule has 0 spiro atoms. The van der Waals surface area contributed by atoms with Crippen LogP contribution in [0.5, 0.6) is 0 Å². The Labute approximate surface area is 207 Å². The molecule has 8 heteroatoms. The van der Waals surface area contributed by atoms with Crippen LogP contribution in [0.1, 0.15) is 33.8 Å². The lowest BCUT2D eigenvalue weighted by atomic mass is 10.0. The number of hydrogen-bond donors (Lipinski definition) is 1. The van der Waals surface area contributed by atoms with Crippen molar-refractivity contribution >= 4 is 40.6 Å². The molecule has 170 valence electrons. The number of hydrogen-bond acceptors (Lipinski definition) is 4. The number of pyridine rings is 1. The van der Waals surface area contributed by atoms with Gasteiger partial charge in [-0.25, -0.2) is 4.79 Å². The van der Waals surface area contributed by atoms with E-state index in [1.165, 1.54) is 7.11 Å². The average Bonchev–Trinajstić information content (AvgIpc) is 3.49. The number of rotatable bonds is 5. The maximum atomic E-state index is 12.1. The molecule has 0 unspecified atom stereocenters. The first-order chi connectivity index (χ1) is 16.6. The van der Waals surface area contributed by atoms with Crippen LogP contribution in [0.25, 0.3) is 5.69 Å². The topological polar surface area (TPSA) is 59.4 Å². The number of esters is 1. The summed E-state index contributed by atoms with van der Waals surface area (Å²) in [5.74, 6) is -0.381. The van der Waals surface area contributed by atoms with E-state index in [-0.39, 0.29) is 18.1 Å². The highest BCUT2D eigenvalue weighted by Crippen LogP contribution is 2.42. The van der Waals surface area contributed by atoms with E-state index in [0.717, 1.165) is 22.8 Å². The number of aromatic nitrogens is 2. The molecule has 0 radical (unpaired) electrons. The van der Waals surface area contributed by atoms with Gasteiger partial charge in [0.25, 0.3) is 0 Å². The Morgan fingerprint density at radius 2 is 1.85 bits per heavy atom. The molecule has 1 N–H and O–H groups in total. The summed E-state index contributed by atoms with van der Waals surface area (Å²) in [6, 6.07) is 24.5. The Bertz CT molecular complexity index is 1340. The number of methoxy groups -OCH3 is 1. The van der Waals surface area contributed by atoms with Crippen molar-refractivity contribution in [3.63, 3.8) is 0 Å². The van der Waals surface area contributed by atoms with Gasteiger partial charge in [0.2, 0.25) is 0 Å². The van der Waals surface area contributed by atoms with Crippen molar-refractivity contribution in [1.29, 1.82) is 0 Å². The number of thiocarbonyl (C=S) groups is 1. The third-order valence-corrected chi connectivity index (χ3v) is 6.40. The molecule has 3 heterocycles. The molecule has 1 saturated heterocycles. The van der Waals surface area contributed by atoms with Crippen LogP contribution in [0.4, 0.5) is 5.69 Å². The van der Waals surface area contributed by atoms with E-state index in [0.29, 0.717) is 15.7 Å². The van der Waals surface area contributed by atoms with Crippen molar-refractivity contribution in [2.75, 3.05) is 12.0 Å². The molecule has 0 aliphatic carbocycles. The second kappa shape index (κ2) is 9.29. The second-order valence-corrected chi connectivity index (χ2v) is 8.64. The normalized spacial score (nSPS) is 17.5. The minimum Gasteiger partial charge on any atom is -0.465 e. The van der Waals surface area contributed by atoms with Gasteiger partial charge in [0, 0.05) is 34.5 Å². The van der Waals surface area contributed by atoms with Gasteiger partial charge in [0.15, 0.2) is 5.11 Å². The second-order valence-electron chi connectivity index (χ2n) is 7.82. The zero-order valence-corrected chi connectivity index (χ0v) is 19.8. The van der Waals surface area contributed by atoms with Gasteiger partial charge in [-0.2, -0.15) is 0 Å². The molecule has 2 aromatic heterocycles. The molecule has 2 atom stereocenters. The predicted octanol–water partition coefficient (Wildman–Crippen LogP) is 5.49. The van der Waals surface area contributed by atoms with E-state index >= 15 is 0 Å². The van der Waals surface area contributed by atoms with E-state index < -0.39 is 0 Å². The highest BCUT2D eigenvalue weighted by Gasteiger charge is 2.42. The molecule has 6 nitrogen and oxygen atoms in total. The van der Waals surface area contributed by atoms with Crippen molar-refractivity contribution in [3.8, 4) is 5.69 Å². The van der Waals surface area contributed by atoms with E-state index in [1.54, 1.807) is 12.3 Å². The maximum absolute atomic E-state index is 12.1. The third-order valence-electron chi connectivity index (χ3n) is 5.83. The zero-order chi connectivity index (χ0) is 23.7.